The average molecular weight is 338 g/mol. The summed E-state index contributed by atoms with van der Waals surface area (Å²) in [5.41, 5.74) is 6.67. The molecule has 0 bridgehead atoms. The molecule has 22 heavy (non-hydrogen) atoms. The summed E-state index contributed by atoms with van der Waals surface area (Å²) in [5.74, 6) is -0.0801. The van der Waals surface area contributed by atoms with Crippen LogP contribution in [0.4, 0.5) is 10.8 Å². The third-order valence-electron chi connectivity index (χ3n) is 3.51. The van der Waals surface area contributed by atoms with Crippen LogP contribution in [0.15, 0.2) is 24.3 Å². The molecule has 116 valence electrons. The van der Waals surface area contributed by atoms with Gasteiger partial charge in [-0.1, -0.05) is 29.0 Å². The van der Waals surface area contributed by atoms with Crippen LogP contribution in [0.2, 0.25) is 5.02 Å². The summed E-state index contributed by atoms with van der Waals surface area (Å²) in [6, 6.07) is 7.49. The van der Waals surface area contributed by atoms with Gasteiger partial charge in [-0.05, 0) is 31.0 Å². The molecule has 1 aliphatic rings. The number of amides is 1. The number of likely N-dealkylation sites (tertiary alicyclic amines) is 1. The Morgan fingerprint density at radius 2 is 2.14 bits per heavy atom. The molecule has 2 heterocycles. The number of nitrogens with zero attached hydrogens (tertiary/aromatic N) is 3. The maximum atomic E-state index is 12.4. The van der Waals surface area contributed by atoms with Crippen molar-refractivity contribution < 1.29 is 4.79 Å². The van der Waals surface area contributed by atoms with Crippen molar-refractivity contribution in [3.05, 3.63) is 34.3 Å². The standard InChI is InChI=1S/C14H16ClN5OS/c15-9-2-1-3-11(8-9)17-14-19-18-12(22-14)13(21)20-6-4-10(16)5-7-20/h1-3,8,10H,4-7,16H2,(H,17,19). The zero-order valence-corrected chi connectivity index (χ0v) is 13.4. The van der Waals surface area contributed by atoms with Crippen LogP contribution in [0.3, 0.4) is 0 Å². The van der Waals surface area contributed by atoms with E-state index in [1.807, 2.05) is 12.1 Å². The average Bonchev–Trinajstić information content (AvgIpc) is 2.96. The van der Waals surface area contributed by atoms with E-state index in [9.17, 15) is 4.79 Å². The van der Waals surface area contributed by atoms with Crippen LogP contribution in [0.5, 0.6) is 0 Å². The topological polar surface area (TPSA) is 84.1 Å². The number of halogens is 1. The Hall–Kier alpha value is -1.70. The maximum Gasteiger partial charge on any atom is 0.284 e. The summed E-state index contributed by atoms with van der Waals surface area (Å²) >= 11 is 7.17. The SMILES string of the molecule is NC1CCN(C(=O)c2nnc(Nc3cccc(Cl)c3)s2)CC1. The van der Waals surface area contributed by atoms with Gasteiger partial charge in [0.1, 0.15) is 0 Å². The zero-order chi connectivity index (χ0) is 15.5. The number of aromatic nitrogens is 2. The van der Waals surface area contributed by atoms with Crippen LogP contribution in [0, 0.1) is 0 Å². The third kappa shape index (κ3) is 3.55. The third-order valence-corrected chi connectivity index (χ3v) is 4.57. The van der Waals surface area contributed by atoms with Gasteiger partial charge >= 0.3 is 0 Å². The Morgan fingerprint density at radius 3 is 2.86 bits per heavy atom. The number of anilines is 2. The number of piperidine rings is 1. The van der Waals surface area contributed by atoms with Gasteiger partial charge in [-0.15, -0.1) is 10.2 Å². The molecule has 2 aromatic rings. The van der Waals surface area contributed by atoms with E-state index in [0.717, 1.165) is 18.5 Å². The minimum Gasteiger partial charge on any atom is -0.336 e. The molecule has 1 fully saturated rings. The molecule has 0 spiro atoms. The summed E-state index contributed by atoms with van der Waals surface area (Å²) in [6.07, 6.45) is 1.66. The Balaban J connectivity index is 1.67. The van der Waals surface area contributed by atoms with Crippen molar-refractivity contribution in [1.29, 1.82) is 0 Å². The first-order chi connectivity index (χ1) is 10.6. The first-order valence-electron chi connectivity index (χ1n) is 7.03. The predicted octanol–water partition coefficient (Wildman–Crippen LogP) is 2.50. The number of rotatable bonds is 3. The summed E-state index contributed by atoms with van der Waals surface area (Å²) in [4.78, 5) is 14.2. The van der Waals surface area contributed by atoms with E-state index in [0.29, 0.717) is 28.3 Å². The predicted molar refractivity (Wildman–Crippen MR) is 87.8 cm³/mol. The van der Waals surface area contributed by atoms with E-state index in [-0.39, 0.29) is 11.9 Å². The van der Waals surface area contributed by atoms with Gasteiger partial charge in [-0.2, -0.15) is 0 Å². The Labute approximate surface area is 137 Å². The fraction of sp³-hybridized carbons (Fsp3) is 0.357. The number of carbonyl (C=O) groups is 1. The van der Waals surface area contributed by atoms with Gasteiger partial charge in [0.25, 0.3) is 5.91 Å². The van der Waals surface area contributed by atoms with Gasteiger partial charge in [0.15, 0.2) is 0 Å². The van der Waals surface area contributed by atoms with E-state index in [4.69, 9.17) is 17.3 Å². The summed E-state index contributed by atoms with van der Waals surface area (Å²) in [6.45, 7) is 1.35. The highest BCUT2D eigenvalue weighted by Crippen LogP contribution is 2.24. The molecule has 0 saturated carbocycles. The highest BCUT2D eigenvalue weighted by atomic mass is 35.5. The Morgan fingerprint density at radius 1 is 1.36 bits per heavy atom. The first kappa shape index (κ1) is 15.2. The molecule has 0 aliphatic carbocycles. The smallest absolute Gasteiger partial charge is 0.284 e. The van der Waals surface area contributed by atoms with Crippen molar-refractivity contribution in [2.45, 2.75) is 18.9 Å². The molecule has 0 unspecified atom stereocenters. The largest absolute Gasteiger partial charge is 0.336 e. The molecule has 1 aromatic carbocycles. The highest BCUT2D eigenvalue weighted by molar-refractivity contribution is 7.17. The van der Waals surface area contributed by atoms with E-state index in [1.54, 1.807) is 17.0 Å². The molecule has 8 heteroatoms. The molecule has 3 N–H and O–H groups in total. The monoisotopic (exact) mass is 337 g/mol. The molecule has 6 nitrogen and oxygen atoms in total. The quantitative estimate of drug-likeness (QED) is 0.899. The van der Waals surface area contributed by atoms with Crippen molar-refractivity contribution in [2.24, 2.45) is 5.73 Å². The lowest BCUT2D eigenvalue weighted by Gasteiger charge is -2.29. The van der Waals surface area contributed by atoms with E-state index in [2.05, 4.69) is 15.5 Å². The van der Waals surface area contributed by atoms with Gasteiger partial charge in [0.2, 0.25) is 10.1 Å². The van der Waals surface area contributed by atoms with Crippen LogP contribution in [-0.2, 0) is 0 Å². The van der Waals surface area contributed by atoms with Gasteiger partial charge in [-0.25, -0.2) is 0 Å². The lowest BCUT2D eigenvalue weighted by molar-refractivity contribution is 0.0713. The molecular weight excluding hydrogens is 322 g/mol. The molecule has 1 aromatic heterocycles. The zero-order valence-electron chi connectivity index (χ0n) is 11.8. The second-order valence-electron chi connectivity index (χ2n) is 5.18. The molecule has 0 radical (unpaired) electrons. The second-order valence-corrected chi connectivity index (χ2v) is 6.59. The van der Waals surface area contributed by atoms with Crippen molar-refractivity contribution in [3.63, 3.8) is 0 Å². The molecule has 1 aliphatic heterocycles. The minimum absolute atomic E-state index is 0.0801. The van der Waals surface area contributed by atoms with Crippen LogP contribution >= 0.6 is 22.9 Å². The van der Waals surface area contributed by atoms with Crippen LogP contribution in [-0.4, -0.2) is 40.1 Å². The van der Waals surface area contributed by atoms with Crippen molar-refractivity contribution in [2.75, 3.05) is 18.4 Å². The molecule has 1 amide bonds. The molecule has 0 atom stereocenters. The van der Waals surface area contributed by atoms with Gasteiger partial charge in [-0.3, -0.25) is 4.79 Å². The number of carbonyl (C=O) groups excluding carboxylic acids is 1. The maximum absolute atomic E-state index is 12.4. The molecule has 3 rings (SSSR count). The fourth-order valence-corrected chi connectivity index (χ4v) is 3.21. The Kier molecular flexibility index (Phi) is 4.56. The van der Waals surface area contributed by atoms with Crippen LogP contribution in [0.25, 0.3) is 0 Å². The van der Waals surface area contributed by atoms with Crippen LogP contribution < -0.4 is 11.1 Å². The minimum atomic E-state index is -0.0801. The number of hydrogen-bond donors (Lipinski definition) is 2. The number of nitrogens with two attached hydrogens (primary N) is 1. The number of benzene rings is 1. The lowest BCUT2D eigenvalue weighted by Crippen LogP contribution is -2.42. The fourth-order valence-electron chi connectivity index (χ4n) is 2.29. The first-order valence-corrected chi connectivity index (χ1v) is 8.22. The summed E-state index contributed by atoms with van der Waals surface area (Å²) in [5, 5.41) is 12.7. The van der Waals surface area contributed by atoms with Gasteiger partial charge in [0, 0.05) is 29.8 Å². The van der Waals surface area contributed by atoms with Crippen LogP contribution in [0.1, 0.15) is 22.6 Å². The second kappa shape index (κ2) is 6.60. The van der Waals surface area contributed by atoms with Gasteiger partial charge < -0.3 is 16.0 Å². The highest BCUT2D eigenvalue weighted by Gasteiger charge is 2.24. The van der Waals surface area contributed by atoms with E-state index < -0.39 is 0 Å². The van der Waals surface area contributed by atoms with Crippen molar-refractivity contribution in [3.8, 4) is 0 Å². The number of hydrogen-bond acceptors (Lipinski definition) is 6. The number of nitrogens with one attached hydrogen (secondary N) is 1. The molecule has 1 saturated heterocycles. The summed E-state index contributed by atoms with van der Waals surface area (Å²) < 4.78 is 0. The Bertz CT molecular complexity index is 669. The van der Waals surface area contributed by atoms with E-state index in [1.165, 1.54) is 11.3 Å². The summed E-state index contributed by atoms with van der Waals surface area (Å²) in [7, 11) is 0. The van der Waals surface area contributed by atoms with Crippen molar-refractivity contribution >= 4 is 39.7 Å². The lowest BCUT2D eigenvalue weighted by atomic mass is 10.1. The van der Waals surface area contributed by atoms with E-state index >= 15 is 0 Å². The van der Waals surface area contributed by atoms with Gasteiger partial charge in [0.05, 0.1) is 0 Å². The molecular formula is C14H16ClN5OS. The normalized spacial score (nSPS) is 15.8. The van der Waals surface area contributed by atoms with Crippen molar-refractivity contribution in [1.82, 2.24) is 15.1 Å².